The largest absolute Gasteiger partial charge is 0.497 e. The lowest BCUT2D eigenvalue weighted by Crippen LogP contribution is -2.37. The predicted octanol–water partition coefficient (Wildman–Crippen LogP) is 2.08. The first kappa shape index (κ1) is 14.5. The SMILES string of the molecule is CCCC(NCCc1cccc(OC)c1)C(=O)O. The lowest BCUT2D eigenvalue weighted by molar-refractivity contribution is -0.139. The Kier molecular flexibility index (Phi) is 6.22. The summed E-state index contributed by atoms with van der Waals surface area (Å²) < 4.78 is 5.14. The van der Waals surface area contributed by atoms with E-state index in [1.165, 1.54) is 0 Å². The third-order valence-corrected chi connectivity index (χ3v) is 2.81. The van der Waals surface area contributed by atoms with Crippen LogP contribution in [-0.2, 0) is 11.2 Å². The number of methoxy groups -OCH3 is 1. The average molecular weight is 251 g/mol. The lowest BCUT2D eigenvalue weighted by atomic mass is 10.1. The van der Waals surface area contributed by atoms with Crippen molar-refractivity contribution in [1.82, 2.24) is 5.32 Å². The zero-order valence-corrected chi connectivity index (χ0v) is 11.0. The number of hydrogen-bond acceptors (Lipinski definition) is 3. The molecule has 4 nitrogen and oxygen atoms in total. The normalized spacial score (nSPS) is 12.1. The second-order valence-corrected chi connectivity index (χ2v) is 4.24. The Balaban J connectivity index is 2.42. The van der Waals surface area contributed by atoms with Crippen LogP contribution in [0.25, 0.3) is 0 Å². The fourth-order valence-corrected chi connectivity index (χ4v) is 1.82. The van der Waals surface area contributed by atoms with Gasteiger partial charge in [-0.3, -0.25) is 4.79 Å². The van der Waals surface area contributed by atoms with E-state index in [0.717, 1.165) is 24.2 Å². The molecule has 0 bridgehead atoms. The zero-order chi connectivity index (χ0) is 13.4. The number of benzene rings is 1. The molecule has 1 atom stereocenters. The van der Waals surface area contributed by atoms with Gasteiger partial charge >= 0.3 is 5.97 Å². The molecule has 1 aromatic carbocycles. The van der Waals surface area contributed by atoms with E-state index in [9.17, 15) is 4.79 Å². The summed E-state index contributed by atoms with van der Waals surface area (Å²) in [4.78, 5) is 10.9. The Bertz CT molecular complexity index is 379. The van der Waals surface area contributed by atoms with Crippen molar-refractivity contribution in [1.29, 1.82) is 0 Å². The molecule has 2 N–H and O–H groups in total. The van der Waals surface area contributed by atoms with Crippen LogP contribution in [0.4, 0.5) is 0 Å². The summed E-state index contributed by atoms with van der Waals surface area (Å²) in [5.74, 6) is 0.0540. The number of nitrogens with one attached hydrogen (secondary N) is 1. The lowest BCUT2D eigenvalue weighted by Gasteiger charge is -2.13. The quantitative estimate of drug-likeness (QED) is 0.742. The number of rotatable bonds is 8. The van der Waals surface area contributed by atoms with Crippen LogP contribution in [0.5, 0.6) is 5.75 Å². The number of aliphatic carboxylic acids is 1. The van der Waals surface area contributed by atoms with Crippen LogP contribution in [0.15, 0.2) is 24.3 Å². The maximum Gasteiger partial charge on any atom is 0.320 e. The van der Waals surface area contributed by atoms with Gasteiger partial charge in [-0.25, -0.2) is 0 Å². The summed E-state index contributed by atoms with van der Waals surface area (Å²) in [6, 6.07) is 7.38. The zero-order valence-electron chi connectivity index (χ0n) is 11.0. The Morgan fingerprint density at radius 1 is 1.50 bits per heavy atom. The molecule has 0 aliphatic rings. The molecular formula is C14H21NO3. The standard InChI is InChI=1S/C14H21NO3/c1-3-5-13(14(16)17)15-9-8-11-6-4-7-12(10-11)18-2/h4,6-7,10,13,15H,3,5,8-9H2,1-2H3,(H,16,17). The maximum atomic E-state index is 10.9. The van der Waals surface area contributed by atoms with Crippen LogP contribution in [-0.4, -0.2) is 30.8 Å². The van der Waals surface area contributed by atoms with Gasteiger partial charge in [0.1, 0.15) is 11.8 Å². The van der Waals surface area contributed by atoms with Crippen LogP contribution in [0, 0.1) is 0 Å². The van der Waals surface area contributed by atoms with E-state index >= 15 is 0 Å². The highest BCUT2D eigenvalue weighted by Gasteiger charge is 2.14. The second kappa shape index (κ2) is 7.71. The summed E-state index contributed by atoms with van der Waals surface area (Å²) in [5, 5.41) is 12.1. The first-order chi connectivity index (χ1) is 8.67. The number of carboxylic acid groups (broad SMARTS) is 1. The Morgan fingerprint density at radius 2 is 2.28 bits per heavy atom. The highest BCUT2D eigenvalue weighted by molar-refractivity contribution is 5.73. The topological polar surface area (TPSA) is 58.6 Å². The van der Waals surface area contributed by atoms with Crippen LogP contribution in [0.1, 0.15) is 25.3 Å². The third kappa shape index (κ3) is 4.75. The van der Waals surface area contributed by atoms with Crippen molar-refractivity contribution in [2.45, 2.75) is 32.2 Å². The molecule has 0 saturated carbocycles. The summed E-state index contributed by atoms with van der Waals surface area (Å²) in [6.45, 7) is 2.64. The van der Waals surface area contributed by atoms with Crippen LogP contribution < -0.4 is 10.1 Å². The first-order valence-electron chi connectivity index (χ1n) is 6.26. The van der Waals surface area contributed by atoms with E-state index in [1.54, 1.807) is 7.11 Å². The molecule has 1 unspecified atom stereocenters. The second-order valence-electron chi connectivity index (χ2n) is 4.24. The molecule has 18 heavy (non-hydrogen) atoms. The van der Waals surface area contributed by atoms with E-state index < -0.39 is 12.0 Å². The van der Waals surface area contributed by atoms with Gasteiger partial charge in [-0.05, 0) is 37.1 Å². The van der Waals surface area contributed by atoms with Crippen molar-refractivity contribution in [2.24, 2.45) is 0 Å². The van der Waals surface area contributed by atoms with E-state index in [1.807, 2.05) is 31.2 Å². The van der Waals surface area contributed by atoms with Gasteiger partial charge in [0.25, 0.3) is 0 Å². The van der Waals surface area contributed by atoms with Crippen LogP contribution >= 0.6 is 0 Å². The van der Waals surface area contributed by atoms with E-state index in [2.05, 4.69) is 5.32 Å². The smallest absolute Gasteiger partial charge is 0.320 e. The molecule has 1 aromatic rings. The predicted molar refractivity (Wildman–Crippen MR) is 71.0 cm³/mol. The molecule has 100 valence electrons. The molecule has 1 rings (SSSR count). The fraction of sp³-hybridized carbons (Fsp3) is 0.500. The Hall–Kier alpha value is -1.55. The van der Waals surface area contributed by atoms with Gasteiger partial charge < -0.3 is 15.2 Å². The molecule has 0 fully saturated rings. The molecule has 0 saturated heterocycles. The molecule has 0 aliphatic heterocycles. The Morgan fingerprint density at radius 3 is 2.89 bits per heavy atom. The van der Waals surface area contributed by atoms with Gasteiger partial charge in [0, 0.05) is 0 Å². The highest BCUT2D eigenvalue weighted by atomic mass is 16.5. The Labute approximate surface area is 108 Å². The van der Waals surface area contributed by atoms with Crippen molar-refractivity contribution in [3.63, 3.8) is 0 Å². The number of carbonyl (C=O) groups is 1. The minimum Gasteiger partial charge on any atom is -0.497 e. The third-order valence-electron chi connectivity index (χ3n) is 2.81. The van der Waals surface area contributed by atoms with Gasteiger partial charge in [-0.15, -0.1) is 0 Å². The summed E-state index contributed by atoms with van der Waals surface area (Å²) in [6.07, 6.45) is 2.32. The van der Waals surface area contributed by atoms with Crippen LogP contribution in [0.2, 0.25) is 0 Å². The van der Waals surface area contributed by atoms with Crippen molar-refractivity contribution in [2.75, 3.05) is 13.7 Å². The van der Waals surface area contributed by atoms with Crippen molar-refractivity contribution >= 4 is 5.97 Å². The molecular weight excluding hydrogens is 230 g/mol. The monoisotopic (exact) mass is 251 g/mol. The van der Waals surface area contributed by atoms with Gasteiger partial charge in [-0.1, -0.05) is 25.5 Å². The van der Waals surface area contributed by atoms with E-state index in [4.69, 9.17) is 9.84 Å². The summed E-state index contributed by atoms with van der Waals surface area (Å²) >= 11 is 0. The molecule has 0 amide bonds. The fourth-order valence-electron chi connectivity index (χ4n) is 1.82. The number of hydrogen-bond donors (Lipinski definition) is 2. The molecule has 0 heterocycles. The van der Waals surface area contributed by atoms with Crippen LogP contribution in [0.3, 0.4) is 0 Å². The highest BCUT2D eigenvalue weighted by Crippen LogP contribution is 2.12. The van der Waals surface area contributed by atoms with Crippen molar-refractivity contribution < 1.29 is 14.6 Å². The average Bonchev–Trinajstić information content (AvgIpc) is 2.38. The molecule has 0 aromatic heterocycles. The van der Waals surface area contributed by atoms with E-state index in [-0.39, 0.29) is 0 Å². The number of ether oxygens (including phenoxy) is 1. The van der Waals surface area contributed by atoms with Crippen molar-refractivity contribution in [3.05, 3.63) is 29.8 Å². The number of carboxylic acids is 1. The molecule has 0 radical (unpaired) electrons. The van der Waals surface area contributed by atoms with Gasteiger partial charge in [-0.2, -0.15) is 0 Å². The minimum atomic E-state index is -0.775. The molecule has 0 spiro atoms. The molecule has 4 heteroatoms. The molecule has 0 aliphatic carbocycles. The maximum absolute atomic E-state index is 10.9. The summed E-state index contributed by atoms with van der Waals surface area (Å²) in [5.41, 5.74) is 1.14. The summed E-state index contributed by atoms with van der Waals surface area (Å²) in [7, 11) is 1.64. The van der Waals surface area contributed by atoms with Gasteiger partial charge in [0.05, 0.1) is 7.11 Å². The first-order valence-corrected chi connectivity index (χ1v) is 6.26. The van der Waals surface area contributed by atoms with Gasteiger partial charge in [0.2, 0.25) is 0 Å². The van der Waals surface area contributed by atoms with Gasteiger partial charge in [0.15, 0.2) is 0 Å². The minimum absolute atomic E-state index is 0.444. The van der Waals surface area contributed by atoms with Crippen molar-refractivity contribution in [3.8, 4) is 5.75 Å². The van der Waals surface area contributed by atoms with E-state index in [0.29, 0.717) is 13.0 Å².